The Morgan fingerprint density at radius 2 is 1.84 bits per heavy atom. The van der Waals surface area contributed by atoms with Gasteiger partial charge in [0, 0.05) is 4.88 Å². The minimum atomic E-state index is -0.930. The predicted molar refractivity (Wildman–Crippen MR) is 121 cm³/mol. The lowest BCUT2D eigenvalue weighted by Crippen LogP contribution is -2.22. The second kappa shape index (κ2) is 11.7. The number of hydrogen-bond acceptors (Lipinski definition) is 8. The molecular formula is C23H24N2O6S. The second-order valence-corrected chi connectivity index (χ2v) is 7.60. The van der Waals surface area contributed by atoms with Crippen molar-refractivity contribution < 1.29 is 28.6 Å². The van der Waals surface area contributed by atoms with Crippen molar-refractivity contribution in [2.45, 2.75) is 27.2 Å². The summed E-state index contributed by atoms with van der Waals surface area (Å²) in [5.41, 5.74) is 1.39. The molecular weight excluding hydrogens is 432 g/mol. The highest BCUT2D eigenvalue weighted by Gasteiger charge is 2.23. The molecule has 0 unspecified atom stereocenters. The van der Waals surface area contributed by atoms with Crippen LogP contribution in [0.4, 0.5) is 5.00 Å². The van der Waals surface area contributed by atoms with Crippen LogP contribution in [-0.2, 0) is 25.5 Å². The highest BCUT2D eigenvalue weighted by molar-refractivity contribution is 7.17. The van der Waals surface area contributed by atoms with Crippen molar-refractivity contribution in [3.63, 3.8) is 0 Å². The number of nitrogens with zero attached hydrogens (tertiary/aromatic N) is 1. The van der Waals surface area contributed by atoms with Gasteiger partial charge in [0.25, 0.3) is 5.91 Å². The van der Waals surface area contributed by atoms with Crippen LogP contribution in [0.3, 0.4) is 0 Å². The number of rotatable bonds is 9. The number of nitriles is 1. The number of thiophene rings is 1. The zero-order valence-corrected chi connectivity index (χ0v) is 19.1. The van der Waals surface area contributed by atoms with Gasteiger partial charge in [0.2, 0.25) is 0 Å². The lowest BCUT2D eigenvalue weighted by atomic mass is 10.1. The van der Waals surface area contributed by atoms with Gasteiger partial charge in [-0.3, -0.25) is 4.79 Å². The lowest BCUT2D eigenvalue weighted by molar-refractivity contribution is -0.142. The minimum Gasteiger partial charge on any atom is -0.497 e. The van der Waals surface area contributed by atoms with Crippen LogP contribution in [0.2, 0.25) is 0 Å². The molecule has 0 fully saturated rings. The summed E-state index contributed by atoms with van der Waals surface area (Å²) in [6.07, 6.45) is 2.05. The van der Waals surface area contributed by atoms with Crippen molar-refractivity contribution in [3.8, 4) is 11.8 Å². The number of aryl methyl sites for hydroxylation is 1. The van der Waals surface area contributed by atoms with Crippen molar-refractivity contribution in [3.05, 3.63) is 51.4 Å². The number of esters is 2. The van der Waals surface area contributed by atoms with Crippen molar-refractivity contribution in [2.75, 3.05) is 25.6 Å². The maximum atomic E-state index is 12.3. The van der Waals surface area contributed by atoms with E-state index in [0.29, 0.717) is 28.3 Å². The van der Waals surface area contributed by atoms with Crippen molar-refractivity contribution >= 4 is 40.3 Å². The van der Waals surface area contributed by atoms with Crippen LogP contribution in [0, 0.1) is 18.3 Å². The molecule has 1 aromatic carbocycles. The Bertz CT molecular complexity index is 1060. The van der Waals surface area contributed by atoms with Crippen LogP contribution >= 0.6 is 11.3 Å². The van der Waals surface area contributed by atoms with E-state index in [-0.39, 0.29) is 12.2 Å². The predicted octanol–water partition coefficient (Wildman–Crippen LogP) is 3.89. The molecule has 0 radical (unpaired) electrons. The monoisotopic (exact) mass is 456 g/mol. The molecule has 0 bridgehead atoms. The fourth-order valence-corrected chi connectivity index (χ4v) is 3.96. The first kappa shape index (κ1) is 24.6. The van der Waals surface area contributed by atoms with Gasteiger partial charge in [0.1, 0.15) is 22.4 Å². The third-order valence-electron chi connectivity index (χ3n) is 4.40. The molecule has 1 amide bonds. The Morgan fingerprint density at radius 3 is 2.41 bits per heavy atom. The van der Waals surface area contributed by atoms with Gasteiger partial charge in [-0.2, -0.15) is 5.26 Å². The number of ether oxygens (including phenoxy) is 3. The van der Waals surface area contributed by atoms with E-state index >= 15 is 0 Å². The van der Waals surface area contributed by atoms with Crippen LogP contribution in [-0.4, -0.2) is 38.2 Å². The summed E-state index contributed by atoms with van der Waals surface area (Å²) in [6, 6.07) is 8.51. The van der Waals surface area contributed by atoms with Crippen LogP contribution in [0.1, 0.15) is 40.2 Å². The van der Waals surface area contributed by atoms with E-state index in [0.717, 1.165) is 10.4 Å². The van der Waals surface area contributed by atoms with Gasteiger partial charge in [-0.15, -0.1) is 11.3 Å². The summed E-state index contributed by atoms with van der Waals surface area (Å²) in [4.78, 5) is 37.8. The molecule has 0 aliphatic carbocycles. The van der Waals surface area contributed by atoms with Gasteiger partial charge in [-0.25, -0.2) is 9.59 Å². The molecule has 8 nitrogen and oxygen atoms in total. The molecule has 1 aromatic heterocycles. The molecule has 0 saturated heterocycles. The number of carbonyl (C=O) groups is 3. The van der Waals surface area contributed by atoms with E-state index in [1.807, 2.05) is 6.92 Å². The fraction of sp³-hybridized carbons (Fsp3) is 0.304. The summed E-state index contributed by atoms with van der Waals surface area (Å²) >= 11 is 1.27. The Hall–Kier alpha value is -3.64. The smallest absolute Gasteiger partial charge is 0.349 e. The molecule has 1 N–H and O–H groups in total. The third-order valence-corrected chi connectivity index (χ3v) is 5.75. The molecule has 1 heterocycles. The first-order valence-electron chi connectivity index (χ1n) is 9.86. The molecule has 2 aromatic rings. The molecule has 168 valence electrons. The number of carbonyl (C=O) groups excluding carboxylic acids is 3. The zero-order chi connectivity index (χ0) is 23.7. The maximum absolute atomic E-state index is 12.3. The highest BCUT2D eigenvalue weighted by atomic mass is 32.1. The van der Waals surface area contributed by atoms with Crippen molar-refractivity contribution in [2.24, 2.45) is 0 Å². The van der Waals surface area contributed by atoms with Crippen LogP contribution in [0.5, 0.6) is 5.75 Å². The normalized spacial score (nSPS) is 10.8. The van der Waals surface area contributed by atoms with Gasteiger partial charge in [-0.05, 0) is 49.6 Å². The summed E-state index contributed by atoms with van der Waals surface area (Å²) in [5.74, 6) is -1.45. The first-order chi connectivity index (χ1) is 15.3. The van der Waals surface area contributed by atoms with Crippen molar-refractivity contribution in [1.29, 1.82) is 5.26 Å². The van der Waals surface area contributed by atoms with E-state index in [4.69, 9.17) is 14.2 Å². The van der Waals surface area contributed by atoms with Gasteiger partial charge in [0.15, 0.2) is 6.61 Å². The van der Waals surface area contributed by atoms with E-state index in [1.54, 1.807) is 44.2 Å². The van der Waals surface area contributed by atoms with E-state index < -0.39 is 24.5 Å². The van der Waals surface area contributed by atoms with E-state index in [2.05, 4.69) is 5.32 Å². The van der Waals surface area contributed by atoms with Crippen LogP contribution in [0.15, 0.2) is 29.8 Å². The average Bonchev–Trinajstić information content (AvgIpc) is 3.11. The zero-order valence-electron chi connectivity index (χ0n) is 18.3. The first-order valence-corrected chi connectivity index (χ1v) is 10.7. The largest absolute Gasteiger partial charge is 0.497 e. The van der Waals surface area contributed by atoms with Gasteiger partial charge < -0.3 is 19.5 Å². The minimum absolute atomic E-state index is 0.206. The summed E-state index contributed by atoms with van der Waals surface area (Å²) in [5, 5.41) is 12.2. The Labute approximate surface area is 190 Å². The van der Waals surface area contributed by atoms with E-state index in [1.165, 1.54) is 24.5 Å². The van der Waals surface area contributed by atoms with Gasteiger partial charge >= 0.3 is 11.9 Å². The average molecular weight is 457 g/mol. The molecule has 9 heteroatoms. The fourth-order valence-electron chi connectivity index (χ4n) is 2.81. The standard InChI is InChI=1S/C23H24N2O6S/c1-5-18-14(3)20(23(28)30-6-2)21(32-18)25-19(26)13-31-22(27)16(12-24)11-15-7-9-17(29-4)10-8-15/h7-11H,5-6,13H2,1-4H3,(H,25,26)/b16-11+. The van der Waals surface area contributed by atoms with Crippen molar-refractivity contribution in [1.82, 2.24) is 0 Å². The Kier molecular flexibility index (Phi) is 8.98. The number of hydrogen-bond donors (Lipinski definition) is 1. The van der Waals surface area contributed by atoms with Gasteiger partial charge in [-0.1, -0.05) is 19.1 Å². The quantitative estimate of drug-likeness (QED) is 0.346. The SMILES string of the molecule is CCOC(=O)c1c(NC(=O)COC(=O)/C(C#N)=C/c2ccc(OC)cc2)sc(CC)c1C. The molecule has 0 saturated carbocycles. The summed E-state index contributed by atoms with van der Waals surface area (Å²) in [6.45, 7) is 5.03. The summed E-state index contributed by atoms with van der Waals surface area (Å²) in [7, 11) is 1.53. The lowest BCUT2D eigenvalue weighted by Gasteiger charge is -2.08. The molecule has 2 rings (SSSR count). The molecule has 0 atom stereocenters. The third kappa shape index (κ3) is 6.18. The number of methoxy groups -OCH3 is 1. The topological polar surface area (TPSA) is 115 Å². The number of amides is 1. The maximum Gasteiger partial charge on any atom is 0.349 e. The molecule has 0 aliphatic heterocycles. The Morgan fingerprint density at radius 1 is 1.16 bits per heavy atom. The second-order valence-electron chi connectivity index (χ2n) is 6.50. The van der Waals surface area contributed by atoms with Crippen LogP contribution in [0.25, 0.3) is 6.08 Å². The Balaban J connectivity index is 2.07. The van der Waals surface area contributed by atoms with Gasteiger partial charge in [0.05, 0.1) is 19.3 Å². The summed E-state index contributed by atoms with van der Waals surface area (Å²) < 4.78 is 15.1. The molecule has 32 heavy (non-hydrogen) atoms. The number of anilines is 1. The number of nitrogens with one attached hydrogen (secondary N) is 1. The molecule has 0 aliphatic rings. The number of benzene rings is 1. The van der Waals surface area contributed by atoms with Crippen LogP contribution < -0.4 is 10.1 Å². The van der Waals surface area contributed by atoms with E-state index in [9.17, 15) is 19.6 Å². The highest BCUT2D eigenvalue weighted by Crippen LogP contribution is 2.34. The molecule has 0 spiro atoms.